The summed E-state index contributed by atoms with van der Waals surface area (Å²) in [6.45, 7) is 12.3. The van der Waals surface area contributed by atoms with Crippen molar-refractivity contribution in [3.63, 3.8) is 0 Å². The third kappa shape index (κ3) is 8.87. The highest BCUT2D eigenvalue weighted by Gasteiger charge is 2.30. The number of hydrogen-bond donors (Lipinski definition) is 0. The SMILES string of the molecule is C=C\C=C/C=C(C)/C=C\Cc1cc(N(c2cccc(-c3cccc4c3C3C=CC(C(/C=C\C)=C/C)=CC(=C3)N4c3ccccc3)c2)c2ccccc2-c2ccccc2)ccc1C. The molecular formula is C60H54N2. The van der Waals surface area contributed by atoms with Crippen LogP contribution in [0.15, 0.2) is 254 Å². The highest BCUT2D eigenvalue weighted by Crippen LogP contribution is 2.49. The monoisotopic (exact) mass is 802 g/mol. The number of nitrogens with zero attached hydrogens (tertiary/aromatic N) is 2. The fraction of sp³-hybridized carbons (Fsp3) is 0.100. The van der Waals surface area contributed by atoms with Crippen molar-refractivity contribution in [2.45, 2.75) is 40.0 Å². The van der Waals surface area contributed by atoms with Crippen LogP contribution in [0.5, 0.6) is 0 Å². The molecule has 1 aliphatic carbocycles. The van der Waals surface area contributed by atoms with Gasteiger partial charge in [0.05, 0.1) is 11.4 Å². The molecule has 1 heterocycles. The maximum Gasteiger partial charge on any atom is 0.0540 e. The molecule has 1 aliphatic heterocycles. The lowest BCUT2D eigenvalue weighted by Crippen LogP contribution is -2.22. The van der Waals surface area contributed by atoms with Crippen molar-refractivity contribution < 1.29 is 0 Å². The lowest BCUT2D eigenvalue weighted by molar-refractivity contribution is 1.00. The molecule has 304 valence electrons. The summed E-state index contributed by atoms with van der Waals surface area (Å²) in [5, 5.41) is 0. The van der Waals surface area contributed by atoms with E-state index < -0.39 is 0 Å². The second kappa shape index (κ2) is 19.3. The smallest absolute Gasteiger partial charge is 0.0540 e. The predicted octanol–water partition coefficient (Wildman–Crippen LogP) is 16.7. The Morgan fingerprint density at radius 2 is 1.45 bits per heavy atom. The topological polar surface area (TPSA) is 6.48 Å². The Bertz CT molecular complexity index is 2820. The number of rotatable bonds is 13. The van der Waals surface area contributed by atoms with Crippen LogP contribution in [0.4, 0.5) is 28.4 Å². The Morgan fingerprint density at radius 1 is 0.726 bits per heavy atom. The van der Waals surface area contributed by atoms with Crippen molar-refractivity contribution in [1.29, 1.82) is 0 Å². The molecule has 0 fully saturated rings. The van der Waals surface area contributed by atoms with E-state index in [-0.39, 0.29) is 5.92 Å². The van der Waals surface area contributed by atoms with Crippen molar-refractivity contribution >= 4 is 28.4 Å². The van der Waals surface area contributed by atoms with E-state index in [1.807, 2.05) is 12.2 Å². The minimum Gasteiger partial charge on any atom is -0.310 e. The standard InChI is InChI=1S/C60H54N2/c1-6-9-12-23-44(4)24-19-27-48-40-54(39-36-45(48)5)62(58-34-18-17-32-56(58)47-25-13-10-14-26-47)53-31-20-28-50(42-53)57-33-21-35-59-60(57)51-38-37-49(46(8-3)22-7-2)41-55(43-51)61(59)52-29-15-11-16-30-52/h6-26,28-43,51H,1,27H2,2-5H3/b12-9-,22-7-,24-19-,44-23+,46-8+. The van der Waals surface area contributed by atoms with Crippen molar-refractivity contribution in [2.24, 2.45) is 0 Å². The predicted molar refractivity (Wildman–Crippen MR) is 268 cm³/mol. The molecule has 0 radical (unpaired) electrons. The Labute approximate surface area is 369 Å². The Morgan fingerprint density at radius 3 is 2.24 bits per heavy atom. The summed E-state index contributed by atoms with van der Waals surface area (Å²) in [5.41, 5.74) is 19.0. The molecule has 0 aromatic heterocycles. The van der Waals surface area contributed by atoms with Gasteiger partial charge in [0.15, 0.2) is 0 Å². The number of benzene rings is 6. The largest absolute Gasteiger partial charge is 0.310 e. The average molecular weight is 803 g/mol. The zero-order chi connectivity index (χ0) is 42.8. The number of allylic oxidation sites excluding steroid dienone is 16. The van der Waals surface area contributed by atoms with Crippen LogP contribution in [0.2, 0.25) is 0 Å². The van der Waals surface area contributed by atoms with Gasteiger partial charge in [-0.3, -0.25) is 0 Å². The van der Waals surface area contributed by atoms with Crippen molar-refractivity contribution in [1.82, 2.24) is 0 Å². The molecule has 2 heteroatoms. The van der Waals surface area contributed by atoms with Crippen LogP contribution in [-0.2, 0) is 6.42 Å². The molecule has 0 amide bonds. The highest BCUT2D eigenvalue weighted by atomic mass is 15.2. The van der Waals surface area contributed by atoms with Crippen LogP contribution in [0.3, 0.4) is 0 Å². The third-order valence-electron chi connectivity index (χ3n) is 11.6. The van der Waals surface area contributed by atoms with E-state index in [0.717, 1.165) is 29.2 Å². The average Bonchev–Trinajstić information content (AvgIpc) is 3.50. The van der Waals surface area contributed by atoms with Gasteiger partial charge in [0, 0.05) is 34.2 Å². The van der Waals surface area contributed by atoms with Gasteiger partial charge in [-0.05, 0) is 139 Å². The zero-order valence-corrected chi connectivity index (χ0v) is 36.2. The highest BCUT2D eigenvalue weighted by molar-refractivity contribution is 5.91. The van der Waals surface area contributed by atoms with E-state index in [9.17, 15) is 0 Å². The Hall–Kier alpha value is -7.42. The lowest BCUT2D eigenvalue weighted by Gasteiger charge is -2.35. The van der Waals surface area contributed by atoms with Gasteiger partial charge >= 0.3 is 0 Å². The van der Waals surface area contributed by atoms with Gasteiger partial charge in [-0.15, -0.1) is 0 Å². The molecule has 0 saturated carbocycles. The second-order valence-corrected chi connectivity index (χ2v) is 15.7. The molecule has 0 N–H and O–H groups in total. The van der Waals surface area contributed by atoms with Gasteiger partial charge in [-0.2, -0.15) is 0 Å². The summed E-state index contributed by atoms with van der Waals surface area (Å²) < 4.78 is 0. The summed E-state index contributed by atoms with van der Waals surface area (Å²) in [6.07, 6.45) is 29.1. The molecular weight excluding hydrogens is 749 g/mol. The van der Waals surface area contributed by atoms with Crippen LogP contribution in [0, 0.1) is 6.92 Å². The Balaban J connectivity index is 1.27. The van der Waals surface area contributed by atoms with Gasteiger partial charge in [0.2, 0.25) is 0 Å². The Kier molecular flexibility index (Phi) is 12.9. The molecule has 0 saturated heterocycles. The summed E-state index contributed by atoms with van der Waals surface area (Å²) in [5.74, 6) is 0.0800. The van der Waals surface area contributed by atoms with Crippen LogP contribution in [-0.4, -0.2) is 0 Å². The quantitative estimate of drug-likeness (QED) is 0.107. The van der Waals surface area contributed by atoms with E-state index >= 15 is 0 Å². The molecule has 2 aliphatic rings. The molecule has 6 aromatic rings. The maximum atomic E-state index is 3.79. The van der Waals surface area contributed by atoms with Crippen LogP contribution < -0.4 is 9.80 Å². The van der Waals surface area contributed by atoms with Gasteiger partial charge in [0.1, 0.15) is 0 Å². The first-order valence-electron chi connectivity index (χ1n) is 21.6. The van der Waals surface area contributed by atoms with Gasteiger partial charge in [0.25, 0.3) is 0 Å². The van der Waals surface area contributed by atoms with Crippen molar-refractivity contribution in [3.05, 3.63) is 270 Å². The number of fused-ring (bicyclic) bond motifs is 3. The normalized spacial score (nSPS) is 15.2. The molecule has 1 atom stereocenters. The van der Waals surface area contributed by atoms with Crippen LogP contribution >= 0.6 is 0 Å². The van der Waals surface area contributed by atoms with E-state index in [1.54, 1.807) is 6.08 Å². The fourth-order valence-electron chi connectivity index (χ4n) is 8.59. The van der Waals surface area contributed by atoms with Gasteiger partial charge < -0.3 is 9.80 Å². The van der Waals surface area contributed by atoms with E-state index in [4.69, 9.17) is 0 Å². The first-order valence-corrected chi connectivity index (χ1v) is 21.6. The number of para-hydroxylation sites is 2. The van der Waals surface area contributed by atoms with E-state index in [2.05, 4.69) is 250 Å². The summed E-state index contributed by atoms with van der Waals surface area (Å²) in [6, 6.07) is 53.1. The van der Waals surface area contributed by atoms with Crippen molar-refractivity contribution in [2.75, 3.05) is 9.80 Å². The fourth-order valence-corrected chi connectivity index (χ4v) is 8.59. The maximum absolute atomic E-state index is 3.79. The van der Waals surface area contributed by atoms with Crippen LogP contribution in [0.1, 0.15) is 43.4 Å². The molecule has 6 aromatic carbocycles. The molecule has 0 spiro atoms. The van der Waals surface area contributed by atoms with Gasteiger partial charge in [-0.1, -0.05) is 176 Å². The molecule has 2 bridgehead atoms. The number of aryl methyl sites for hydroxylation is 1. The first-order chi connectivity index (χ1) is 30.5. The second-order valence-electron chi connectivity index (χ2n) is 15.7. The number of anilines is 5. The summed E-state index contributed by atoms with van der Waals surface area (Å²) in [4.78, 5) is 4.87. The minimum absolute atomic E-state index is 0.0800. The van der Waals surface area contributed by atoms with E-state index in [0.29, 0.717) is 0 Å². The van der Waals surface area contributed by atoms with Crippen molar-refractivity contribution in [3.8, 4) is 22.3 Å². The minimum atomic E-state index is 0.0800. The number of hydrogen-bond acceptors (Lipinski definition) is 2. The zero-order valence-electron chi connectivity index (χ0n) is 36.2. The lowest BCUT2D eigenvalue weighted by atomic mass is 9.85. The molecule has 8 rings (SSSR count). The molecule has 62 heavy (non-hydrogen) atoms. The summed E-state index contributed by atoms with van der Waals surface area (Å²) >= 11 is 0. The van der Waals surface area contributed by atoms with E-state index in [1.165, 1.54) is 67.0 Å². The molecule has 1 unspecified atom stereocenters. The first kappa shape index (κ1) is 41.3. The summed E-state index contributed by atoms with van der Waals surface area (Å²) in [7, 11) is 0. The van der Waals surface area contributed by atoms with Crippen LogP contribution in [0.25, 0.3) is 22.3 Å². The van der Waals surface area contributed by atoms with Gasteiger partial charge in [-0.25, -0.2) is 0 Å². The third-order valence-corrected chi connectivity index (χ3v) is 11.6. The molecule has 2 nitrogen and oxygen atoms in total.